The van der Waals surface area contributed by atoms with Crippen LogP contribution in [0.4, 0.5) is 0 Å². The van der Waals surface area contributed by atoms with E-state index in [4.69, 9.17) is 0 Å². The first kappa shape index (κ1) is 14.2. The molecular weight excluding hydrogens is 268 g/mol. The maximum Gasteiger partial charge on any atom is 0.256 e. The van der Waals surface area contributed by atoms with Crippen LogP contribution in [0, 0.1) is 0 Å². The maximum atomic E-state index is 12.3. The second-order valence-corrected chi connectivity index (χ2v) is 6.21. The Morgan fingerprint density at radius 3 is 2.43 bits per heavy atom. The number of amides is 1. The molecule has 2 N–H and O–H groups in total. The Hall–Kier alpha value is -1.78. The van der Waals surface area contributed by atoms with E-state index in [0.29, 0.717) is 0 Å². The average molecular weight is 290 g/mol. The second kappa shape index (κ2) is 5.92. The molecule has 1 aromatic heterocycles. The fourth-order valence-electron chi connectivity index (χ4n) is 3.51. The lowest BCUT2D eigenvalue weighted by Gasteiger charge is -2.17. The summed E-state index contributed by atoms with van der Waals surface area (Å²) in [5.74, 6) is -0.490. The molecule has 1 heterocycles. The number of rotatable bonds is 3. The van der Waals surface area contributed by atoms with Crippen molar-refractivity contribution in [3.8, 4) is 5.75 Å². The minimum atomic E-state index is -0.272. The highest BCUT2D eigenvalue weighted by atomic mass is 16.3. The van der Waals surface area contributed by atoms with Crippen LogP contribution in [0.1, 0.15) is 67.8 Å². The Bertz CT molecular complexity index is 582. The molecule has 0 atom stereocenters. The van der Waals surface area contributed by atoms with Crippen molar-refractivity contribution in [1.29, 1.82) is 0 Å². The fraction of sp³-hybridized carbons (Fsp3) is 0.625. The molecule has 114 valence electrons. The molecule has 3 rings (SSSR count). The zero-order valence-corrected chi connectivity index (χ0v) is 12.2. The molecule has 1 aromatic rings. The van der Waals surface area contributed by atoms with Gasteiger partial charge in [0.25, 0.3) is 11.5 Å². The van der Waals surface area contributed by atoms with E-state index in [1.165, 1.54) is 12.3 Å². The SMILES string of the molecule is O=C(NC1CCCC1)c1cn(C2CCCC2)c(=O)cc1O. The number of carbonyl (C=O) groups excluding carboxylic acids is 1. The van der Waals surface area contributed by atoms with E-state index >= 15 is 0 Å². The highest BCUT2D eigenvalue weighted by Gasteiger charge is 2.23. The molecule has 0 aromatic carbocycles. The molecule has 21 heavy (non-hydrogen) atoms. The lowest BCUT2D eigenvalue weighted by molar-refractivity contribution is 0.0934. The number of nitrogens with one attached hydrogen (secondary N) is 1. The van der Waals surface area contributed by atoms with Gasteiger partial charge in [-0.15, -0.1) is 0 Å². The van der Waals surface area contributed by atoms with E-state index in [1.807, 2.05) is 0 Å². The molecule has 2 aliphatic carbocycles. The summed E-state index contributed by atoms with van der Waals surface area (Å²) in [6.45, 7) is 0. The van der Waals surface area contributed by atoms with Crippen LogP contribution in [0.15, 0.2) is 17.1 Å². The van der Waals surface area contributed by atoms with Gasteiger partial charge in [0.2, 0.25) is 0 Å². The number of aromatic nitrogens is 1. The molecule has 0 saturated heterocycles. The van der Waals surface area contributed by atoms with Crippen LogP contribution in [-0.2, 0) is 0 Å². The summed E-state index contributed by atoms with van der Waals surface area (Å²) in [5.41, 5.74) is -0.00906. The average Bonchev–Trinajstić information content (AvgIpc) is 3.11. The summed E-state index contributed by atoms with van der Waals surface area (Å²) in [5, 5.41) is 12.9. The molecule has 0 bridgehead atoms. The quantitative estimate of drug-likeness (QED) is 0.897. The highest BCUT2D eigenvalue weighted by molar-refractivity contribution is 5.96. The number of pyridine rings is 1. The first-order valence-electron chi connectivity index (χ1n) is 7.91. The van der Waals surface area contributed by atoms with Gasteiger partial charge in [-0.05, 0) is 25.7 Å². The van der Waals surface area contributed by atoms with Gasteiger partial charge >= 0.3 is 0 Å². The van der Waals surface area contributed by atoms with Gasteiger partial charge < -0.3 is 15.0 Å². The van der Waals surface area contributed by atoms with E-state index in [1.54, 1.807) is 4.57 Å². The number of hydrogen-bond acceptors (Lipinski definition) is 3. The van der Waals surface area contributed by atoms with Crippen LogP contribution in [0.3, 0.4) is 0 Å². The molecular formula is C16H22N2O3. The minimum Gasteiger partial charge on any atom is -0.507 e. The molecule has 0 unspecified atom stereocenters. The number of carbonyl (C=O) groups is 1. The summed E-state index contributed by atoms with van der Waals surface area (Å²) >= 11 is 0. The first-order chi connectivity index (χ1) is 10.1. The summed E-state index contributed by atoms with van der Waals surface area (Å²) < 4.78 is 1.62. The van der Waals surface area contributed by atoms with Crippen LogP contribution in [0.25, 0.3) is 0 Å². The van der Waals surface area contributed by atoms with Crippen molar-refractivity contribution in [3.05, 3.63) is 28.2 Å². The molecule has 5 heteroatoms. The van der Waals surface area contributed by atoms with Crippen molar-refractivity contribution in [2.75, 3.05) is 0 Å². The zero-order valence-electron chi connectivity index (χ0n) is 12.2. The first-order valence-corrected chi connectivity index (χ1v) is 7.91. The van der Waals surface area contributed by atoms with Crippen molar-refractivity contribution in [1.82, 2.24) is 9.88 Å². The zero-order chi connectivity index (χ0) is 14.8. The lowest BCUT2D eigenvalue weighted by Crippen LogP contribution is -2.34. The van der Waals surface area contributed by atoms with E-state index in [2.05, 4.69) is 5.32 Å². The van der Waals surface area contributed by atoms with Crippen molar-refractivity contribution in [3.63, 3.8) is 0 Å². The van der Waals surface area contributed by atoms with Crippen molar-refractivity contribution < 1.29 is 9.90 Å². The largest absolute Gasteiger partial charge is 0.507 e. The highest BCUT2D eigenvalue weighted by Crippen LogP contribution is 2.29. The second-order valence-electron chi connectivity index (χ2n) is 6.21. The van der Waals surface area contributed by atoms with Gasteiger partial charge in [0.05, 0.1) is 5.56 Å². The van der Waals surface area contributed by atoms with E-state index in [9.17, 15) is 14.7 Å². The third-order valence-corrected chi connectivity index (χ3v) is 4.71. The standard InChI is InChI=1S/C16H22N2O3/c19-14-9-15(20)18(12-7-3-4-8-12)10-13(14)16(21)17-11-5-1-2-6-11/h9-12,19H,1-8H2,(H,17,21). The van der Waals surface area contributed by atoms with Gasteiger partial charge in [-0.3, -0.25) is 9.59 Å². The topological polar surface area (TPSA) is 71.3 Å². The summed E-state index contributed by atoms with van der Waals surface area (Å²) in [6.07, 6.45) is 9.96. The smallest absolute Gasteiger partial charge is 0.256 e. The molecule has 1 amide bonds. The van der Waals surface area contributed by atoms with E-state index in [-0.39, 0.29) is 34.9 Å². The molecule has 2 aliphatic rings. The summed E-state index contributed by atoms with van der Waals surface area (Å²) in [6, 6.07) is 1.53. The minimum absolute atomic E-state index is 0.163. The Morgan fingerprint density at radius 1 is 1.14 bits per heavy atom. The number of aromatic hydroxyl groups is 1. The predicted molar refractivity (Wildman–Crippen MR) is 79.6 cm³/mol. The maximum absolute atomic E-state index is 12.3. The van der Waals surface area contributed by atoms with Crippen LogP contribution in [0.2, 0.25) is 0 Å². The number of hydrogen-bond donors (Lipinski definition) is 2. The van der Waals surface area contributed by atoms with Gasteiger partial charge in [0.15, 0.2) is 0 Å². The van der Waals surface area contributed by atoms with Crippen LogP contribution >= 0.6 is 0 Å². The Labute approximate surface area is 124 Å². The van der Waals surface area contributed by atoms with Gasteiger partial charge in [0.1, 0.15) is 5.75 Å². The fourth-order valence-corrected chi connectivity index (χ4v) is 3.51. The van der Waals surface area contributed by atoms with Crippen LogP contribution < -0.4 is 10.9 Å². The van der Waals surface area contributed by atoms with Crippen LogP contribution in [0.5, 0.6) is 5.75 Å². The molecule has 0 spiro atoms. The summed E-state index contributed by atoms with van der Waals surface area (Å²) in [4.78, 5) is 24.3. The van der Waals surface area contributed by atoms with Gasteiger partial charge in [-0.25, -0.2) is 0 Å². The van der Waals surface area contributed by atoms with E-state index in [0.717, 1.165) is 51.4 Å². The Morgan fingerprint density at radius 2 is 1.76 bits per heavy atom. The molecule has 2 saturated carbocycles. The molecule has 5 nitrogen and oxygen atoms in total. The molecule has 0 aliphatic heterocycles. The van der Waals surface area contributed by atoms with Crippen molar-refractivity contribution in [2.24, 2.45) is 0 Å². The van der Waals surface area contributed by atoms with E-state index < -0.39 is 0 Å². The van der Waals surface area contributed by atoms with Gasteiger partial charge in [0, 0.05) is 24.3 Å². The van der Waals surface area contributed by atoms with Gasteiger partial charge in [-0.2, -0.15) is 0 Å². The predicted octanol–water partition coefficient (Wildman–Crippen LogP) is 2.34. The van der Waals surface area contributed by atoms with Crippen molar-refractivity contribution in [2.45, 2.75) is 63.5 Å². The third kappa shape index (κ3) is 2.96. The van der Waals surface area contributed by atoms with Crippen molar-refractivity contribution >= 4 is 5.91 Å². The molecule has 0 radical (unpaired) electrons. The molecule has 2 fully saturated rings. The Balaban J connectivity index is 1.84. The van der Waals surface area contributed by atoms with Crippen LogP contribution in [-0.4, -0.2) is 21.6 Å². The lowest BCUT2D eigenvalue weighted by atomic mass is 10.1. The number of nitrogens with zero attached hydrogens (tertiary/aromatic N) is 1. The third-order valence-electron chi connectivity index (χ3n) is 4.71. The monoisotopic (exact) mass is 290 g/mol. The summed E-state index contributed by atoms with van der Waals surface area (Å²) in [7, 11) is 0. The normalized spacial score (nSPS) is 20.0. The Kier molecular flexibility index (Phi) is 3.99. The van der Waals surface area contributed by atoms with Gasteiger partial charge in [-0.1, -0.05) is 25.7 Å².